The van der Waals surface area contributed by atoms with Crippen LogP contribution in [0.25, 0.3) is 21.7 Å². The summed E-state index contributed by atoms with van der Waals surface area (Å²) in [4.78, 5) is 35.3. The number of terminal acetylenes is 1. The van der Waals surface area contributed by atoms with E-state index in [-0.39, 0.29) is 96.9 Å². The van der Waals surface area contributed by atoms with Crippen molar-refractivity contribution in [1.82, 2.24) is 15.0 Å². The van der Waals surface area contributed by atoms with Crippen LogP contribution in [0.15, 0.2) is 83.5 Å². The molecule has 4 rings (SSSR count). The third-order valence-electron chi connectivity index (χ3n) is 10.5. The molecule has 2 heterocycles. The predicted molar refractivity (Wildman–Crippen MR) is 308 cm³/mol. The summed E-state index contributed by atoms with van der Waals surface area (Å²) >= 11 is 0. The molecular formula is C48H89Cu2N6NaO19SSi4. The molecule has 3 aromatic rings. The van der Waals surface area contributed by atoms with Crippen molar-refractivity contribution in [1.29, 1.82) is 0 Å². The molecule has 2 radical (unpaired) electrons. The summed E-state index contributed by atoms with van der Waals surface area (Å²) in [5, 5.41) is 48.9. The van der Waals surface area contributed by atoms with Crippen LogP contribution in [0, 0.1) is 12.3 Å². The first-order valence-electron chi connectivity index (χ1n) is 24.0. The van der Waals surface area contributed by atoms with E-state index in [1.807, 2.05) is 59.4 Å². The van der Waals surface area contributed by atoms with Gasteiger partial charge in [0.25, 0.3) is 0 Å². The predicted octanol–water partition coefficient (Wildman–Crippen LogP) is 1.68. The average Bonchev–Trinajstić information content (AvgIpc) is 3.87. The molecule has 15 N–H and O–H groups in total. The number of unbranched alkanes of at least 4 members (excludes halogenated alkanes) is 2. The molecule has 0 saturated carbocycles. The first kappa shape index (κ1) is 97.2. The zero-order chi connectivity index (χ0) is 55.9. The molecular weight excluding hydrogens is 1260 g/mol. The molecule has 0 unspecified atom stereocenters. The topological polar surface area (TPSA) is 474 Å². The van der Waals surface area contributed by atoms with E-state index in [1.54, 1.807) is 13.8 Å². The molecule has 0 spiro atoms. The Bertz CT molecular complexity index is 2370. The molecule has 0 amide bonds. The standard InChI is InChI=1S/C21H35N3O2Si2.C13H29N3O2Si2.C8H6.C6H8O6.2Cu.Na.H2O4S.5H2O/c1-19(25)12-9-10-16-27(2,3)26-28(4,5)17-11-15-24-18-21(22-23-24)20-13-7-6-8-14-20;1-13(17)9-6-7-11-19(2,3)18-20(4,5)12-8-10-15-16-14;1-2-8-6-4-3-5-7-8;7-1-2(8)5-3(9)4(10)6(11)12-5;;;;1-5(2,3)4;;;;;/h6-8,13-14,18H,9-12,15-17H2,1-5H3;6-12H2,1-5H3;1,3-7H;2,5,7-10H,1H2;;;;(H2,1,2,3,4);5*1H2/q;;;;;;+1;;;;;;/p-1/t;;;2-,5+;;;;;;;;;/m...0........./s1. The minimum Gasteiger partial charge on any atom is -0.870 e. The molecule has 25 nitrogen and oxygen atoms in total. The Morgan fingerprint density at radius 2 is 1.19 bits per heavy atom. The number of rotatable bonds is 25. The molecule has 1 aromatic heterocycles. The van der Waals surface area contributed by atoms with Gasteiger partial charge in [-0.2, -0.15) is 8.42 Å². The zero-order valence-electron chi connectivity index (χ0n) is 48.3. The van der Waals surface area contributed by atoms with E-state index < -0.39 is 80.0 Å². The summed E-state index contributed by atoms with van der Waals surface area (Å²) in [6.07, 6.45) is 11.7. The minimum absolute atomic E-state index is 0. The summed E-state index contributed by atoms with van der Waals surface area (Å²) in [6, 6.07) is 24.2. The molecule has 1 aliphatic rings. The molecule has 0 fully saturated rings. The second-order valence-corrected chi connectivity index (χ2v) is 38.3. The summed E-state index contributed by atoms with van der Waals surface area (Å²) in [5.74, 6) is -0.109. The van der Waals surface area contributed by atoms with Gasteiger partial charge in [-0.15, -0.1) is 11.5 Å². The van der Waals surface area contributed by atoms with Crippen molar-refractivity contribution in [2.24, 2.45) is 5.11 Å². The Balaban J connectivity index is -0.000000123. The number of aromatic nitrogens is 3. The number of aliphatic hydroxyl groups is 3. The molecule has 33 heteroatoms. The van der Waals surface area contributed by atoms with E-state index in [4.69, 9.17) is 53.0 Å². The Kier molecular flexibility index (Phi) is 60.4. The van der Waals surface area contributed by atoms with Gasteiger partial charge in [0, 0.05) is 76.1 Å². The number of hydrogen-bond donors (Lipinski definition) is 5. The zero-order valence-corrected chi connectivity index (χ0v) is 57.0. The maximum Gasteiger partial charge on any atom is 1.00 e. The van der Waals surface area contributed by atoms with Crippen molar-refractivity contribution < 1.29 is 156 Å². The molecule has 470 valence electrons. The van der Waals surface area contributed by atoms with Crippen molar-refractivity contribution in [2.75, 3.05) is 13.2 Å². The summed E-state index contributed by atoms with van der Waals surface area (Å²) in [7, 11) is -11.3. The number of carbonyl (C=O) groups excluding carboxylic acids is 3. The number of esters is 1. The van der Waals surface area contributed by atoms with Gasteiger partial charge in [-0.05, 0) is 140 Å². The van der Waals surface area contributed by atoms with E-state index in [1.165, 1.54) is 0 Å². The number of hydrogen-bond acceptors (Lipinski definition) is 15. The van der Waals surface area contributed by atoms with Crippen LogP contribution in [0.4, 0.5) is 0 Å². The Labute approximate surface area is 525 Å². The van der Waals surface area contributed by atoms with Crippen LogP contribution < -0.4 is 34.7 Å². The first-order chi connectivity index (χ1) is 33.9. The smallest absolute Gasteiger partial charge is 0.870 e. The monoisotopic (exact) mass is 1350 g/mol. The third kappa shape index (κ3) is 51.2. The number of benzene rings is 2. The van der Waals surface area contributed by atoms with E-state index in [0.29, 0.717) is 25.2 Å². The van der Waals surface area contributed by atoms with Crippen LogP contribution in [0.2, 0.25) is 76.6 Å². The van der Waals surface area contributed by atoms with Crippen LogP contribution in [-0.2, 0) is 78.4 Å². The van der Waals surface area contributed by atoms with Crippen LogP contribution in [0.1, 0.15) is 70.8 Å². The van der Waals surface area contributed by atoms with Crippen molar-refractivity contribution in [3.63, 3.8) is 0 Å². The van der Waals surface area contributed by atoms with Crippen LogP contribution in [0.5, 0.6) is 0 Å². The number of ether oxygens (including phenoxy) is 1. The van der Waals surface area contributed by atoms with Gasteiger partial charge in [-0.1, -0.05) is 77.6 Å². The van der Waals surface area contributed by atoms with Gasteiger partial charge in [0.05, 0.1) is 12.8 Å². The molecule has 0 saturated heterocycles. The van der Waals surface area contributed by atoms with Crippen molar-refractivity contribution in [3.8, 4) is 23.6 Å². The van der Waals surface area contributed by atoms with Gasteiger partial charge in [-0.3, -0.25) is 13.8 Å². The number of ketones is 2. The Hall–Kier alpha value is -2.98. The van der Waals surface area contributed by atoms with E-state index in [2.05, 4.69) is 95.5 Å². The van der Waals surface area contributed by atoms with Crippen molar-refractivity contribution in [3.05, 3.63) is 94.4 Å². The van der Waals surface area contributed by atoms with Crippen LogP contribution in [-0.4, -0.2) is 151 Å². The minimum atomic E-state index is -4.67. The fourth-order valence-electron chi connectivity index (χ4n) is 7.33. The third-order valence-corrected chi connectivity index (χ3v) is 25.6. The number of carbonyl (C=O) groups is 3. The number of nitrogens with zero attached hydrogens (tertiary/aromatic N) is 6. The second-order valence-electron chi connectivity index (χ2n) is 19.7. The maximum absolute atomic E-state index is 11.1. The van der Waals surface area contributed by atoms with Gasteiger partial charge >= 0.3 is 45.9 Å². The van der Waals surface area contributed by atoms with Crippen LogP contribution >= 0.6 is 0 Å². The van der Waals surface area contributed by atoms with Gasteiger partial charge in [0.1, 0.15) is 29.5 Å². The number of azide groups is 1. The van der Waals surface area contributed by atoms with Crippen LogP contribution in [0.3, 0.4) is 0 Å². The quantitative estimate of drug-likeness (QED) is 0.0118. The number of aliphatic hydroxyl groups excluding tert-OH is 3. The summed E-state index contributed by atoms with van der Waals surface area (Å²) < 4.78 is 50.9. The first-order valence-corrected chi connectivity index (χ1v) is 37.9. The Morgan fingerprint density at radius 3 is 1.53 bits per heavy atom. The molecule has 0 aliphatic carbocycles. The Morgan fingerprint density at radius 1 is 0.790 bits per heavy atom. The van der Waals surface area contributed by atoms with E-state index in [9.17, 15) is 19.5 Å². The van der Waals surface area contributed by atoms with Gasteiger partial charge in [0.2, 0.25) is 0 Å². The van der Waals surface area contributed by atoms with E-state index in [0.717, 1.165) is 86.1 Å². The van der Waals surface area contributed by atoms with Crippen molar-refractivity contribution >= 4 is 61.2 Å². The maximum atomic E-state index is 11.1. The average molecular weight is 1350 g/mol. The molecule has 2 aromatic carbocycles. The molecule has 81 heavy (non-hydrogen) atoms. The molecule has 1 aliphatic heterocycles. The second kappa shape index (κ2) is 50.3. The normalized spacial score (nSPS) is 12.6. The molecule has 2 atom stereocenters. The summed E-state index contributed by atoms with van der Waals surface area (Å²) in [5.41, 5.74) is 11.2. The SMILES string of the molecule is C#Cc1ccccc1.CC(=O)CCCC[Si](C)(C)O[Si](C)(C)CCCN=[N+]=[N-].CC(=O)CCCC[Si](C)(C)O[Si](C)(C)CCCn1cc(-c2ccccc2)nn1.O.O.O.O.O.O=C1O[C@H]([C@@H](O)CO)C([O-])=C1O.O=S(=O)(O)O.[Cu].[Cu].[Na+]. The number of cyclic esters (lactones) is 1. The van der Waals surface area contributed by atoms with E-state index >= 15 is 0 Å². The van der Waals surface area contributed by atoms with Gasteiger partial charge < -0.3 is 70.4 Å². The summed E-state index contributed by atoms with van der Waals surface area (Å²) in [6.45, 7) is 22.4. The fraction of sp³-hybridized carbons (Fsp3) is 0.562. The van der Waals surface area contributed by atoms with Gasteiger partial charge in [-0.25, -0.2) is 4.79 Å². The largest absolute Gasteiger partial charge is 1.00 e. The van der Waals surface area contributed by atoms with Crippen molar-refractivity contribution in [2.45, 2.75) is 161 Å². The number of Topliss-reactive ketones (excluding diaryl/α,β-unsaturated/α-hetero) is 2. The molecule has 0 bridgehead atoms. The number of aryl methyl sites for hydroxylation is 1. The fourth-order valence-corrected chi connectivity index (χ4v) is 25.2. The van der Waals surface area contributed by atoms with Gasteiger partial charge in [0.15, 0.2) is 39.0 Å².